The lowest BCUT2D eigenvalue weighted by Crippen LogP contribution is -2.61. The van der Waals surface area contributed by atoms with Gasteiger partial charge in [-0.1, -0.05) is 97.3 Å². The van der Waals surface area contributed by atoms with Crippen molar-refractivity contribution >= 4 is 11.9 Å². The molecule has 2 fully saturated rings. The second kappa shape index (κ2) is 26.3. The zero-order chi connectivity index (χ0) is 37.6. The Balaban J connectivity index is 1.92. The highest BCUT2D eigenvalue weighted by Crippen LogP contribution is 2.26. The summed E-state index contributed by atoms with van der Waals surface area (Å²) in [6.07, 6.45) is -0.703. The monoisotopic (exact) mass is 738 g/mol. The number of unbranched alkanes of at least 4 members (excludes halogenated alkanes) is 13. The zero-order valence-corrected chi connectivity index (χ0v) is 30.6. The Hall–Kier alpha value is -1.50. The van der Waals surface area contributed by atoms with E-state index in [2.05, 4.69) is 13.8 Å². The second-order valence-electron chi connectivity index (χ2n) is 13.8. The second-order valence-corrected chi connectivity index (χ2v) is 13.8. The Morgan fingerprint density at radius 3 is 1.53 bits per heavy atom. The molecule has 0 aliphatic carbocycles. The molecule has 51 heavy (non-hydrogen) atoms. The molecule has 4 unspecified atom stereocenters. The highest BCUT2D eigenvalue weighted by atomic mass is 16.7. The van der Waals surface area contributed by atoms with Crippen LogP contribution in [0.3, 0.4) is 0 Å². The van der Waals surface area contributed by atoms with Crippen LogP contribution >= 0.6 is 0 Å². The molecule has 2 rings (SSSR count). The Labute approximate surface area is 302 Å². The van der Waals surface area contributed by atoms with Gasteiger partial charge in [0.05, 0.1) is 19.8 Å². The van der Waals surface area contributed by atoms with Gasteiger partial charge in [0, 0.05) is 12.8 Å². The third-order valence-electron chi connectivity index (χ3n) is 9.34. The van der Waals surface area contributed by atoms with Gasteiger partial charge in [0.1, 0.15) is 55.4 Å². The molecular formula is C36H66O15. The minimum absolute atomic E-state index is 0.168. The van der Waals surface area contributed by atoms with E-state index in [4.69, 9.17) is 28.4 Å². The van der Waals surface area contributed by atoms with Gasteiger partial charge in [-0.3, -0.25) is 9.59 Å². The molecule has 0 spiro atoms. The third-order valence-corrected chi connectivity index (χ3v) is 9.34. The number of ether oxygens (including phenoxy) is 6. The van der Waals surface area contributed by atoms with Crippen molar-refractivity contribution in [2.75, 3.05) is 26.4 Å². The lowest BCUT2D eigenvalue weighted by atomic mass is 9.98. The van der Waals surface area contributed by atoms with Gasteiger partial charge in [-0.15, -0.1) is 0 Å². The summed E-state index contributed by atoms with van der Waals surface area (Å²) in [5, 5.41) is 71.3. The quantitative estimate of drug-likeness (QED) is 0.0470. The van der Waals surface area contributed by atoms with E-state index in [-0.39, 0.29) is 26.1 Å². The van der Waals surface area contributed by atoms with Gasteiger partial charge in [-0.2, -0.15) is 0 Å². The fraction of sp³-hybridized carbons (Fsp3) is 0.944. The summed E-state index contributed by atoms with van der Waals surface area (Å²) in [4.78, 5) is 25.2. The number of aliphatic hydroxyl groups is 7. The average Bonchev–Trinajstić information content (AvgIpc) is 3.12. The first-order chi connectivity index (χ1) is 24.5. The molecular weight excluding hydrogens is 672 g/mol. The van der Waals surface area contributed by atoms with Crippen molar-refractivity contribution in [1.82, 2.24) is 0 Å². The highest BCUT2D eigenvalue weighted by Gasteiger charge is 2.47. The molecule has 2 aliphatic rings. The maximum absolute atomic E-state index is 12.7. The van der Waals surface area contributed by atoms with Gasteiger partial charge in [0.2, 0.25) is 0 Å². The normalized spacial score (nSPS) is 30.2. The Bertz CT molecular complexity index is 923. The Morgan fingerprint density at radius 1 is 0.549 bits per heavy atom. The summed E-state index contributed by atoms with van der Waals surface area (Å²) in [6.45, 7) is 2.45. The van der Waals surface area contributed by atoms with E-state index in [1.54, 1.807) is 0 Å². The lowest BCUT2D eigenvalue weighted by Gasteiger charge is -2.42. The van der Waals surface area contributed by atoms with Crippen molar-refractivity contribution in [2.24, 2.45) is 0 Å². The molecule has 0 saturated carbocycles. The first kappa shape index (κ1) is 45.7. The third kappa shape index (κ3) is 17.0. The highest BCUT2D eigenvalue weighted by molar-refractivity contribution is 5.70. The standard InChI is InChI=1S/C36H66O15/c1-3-5-7-9-11-13-14-16-18-27(38)46-21-24(49-28(39)19-17-15-12-10-8-6-4-2)22-47-35-34(45)32(43)30(41)26(51-35)23-48-36-33(44)31(42)29(40)25(20-37)50-36/h24-26,29-37,40-45H,3-23H2,1-2H3/t24-,25-,26-,29+,30+,31?,32?,33?,34?,35-,36-/m1/s1. The number of rotatable bonds is 27. The first-order valence-electron chi connectivity index (χ1n) is 19.1. The molecule has 0 radical (unpaired) electrons. The minimum Gasteiger partial charge on any atom is -0.462 e. The first-order valence-corrected chi connectivity index (χ1v) is 19.1. The molecule has 7 N–H and O–H groups in total. The van der Waals surface area contributed by atoms with Crippen LogP contribution in [0.4, 0.5) is 0 Å². The van der Waals surface area contributed by atoms with E-state index >= 15 is 0 Å². The number of carbonyl (C=O) groups is 2. The summed E-state index contributed by atoms with van der Waals surface area (Å²) in [7, 11) is 0. The molecule has 300 valence electrons. The molecule has 0 aromatic rings. The van der Waals surface area contributed by atoms with E-state index in [1.807, 2.05) is 0 Å². The van der Waals surface area contributed by atoms with Crippen LogP contribution in [-0.2, 0) is 38.0 Å². The van der Waals surface area contributed by atoms with E-state index in [9.17, 15) is 45.3 Å². The van der Waals surface area contributed by atoms with Gasteiger partial charge in [0.15, 0.2) is 18.7 Å². The van der Waals surface area contributed by atoms with Crippen LogP contribution in [0.25, 0.3) is 0 Å². The lowest BCUT2D eigenvalue weighted by molar-refractivity contribution is -0.332. The molecule has 2 aliphatic heterocycles. The Kier molecular flexibility index (Phi) is 23.5. The SMILES string of the molecule is CCCCCCCCCCC(=O)OC[C@H](CO[C@@H]1O[C@H](CO[C@@H]2O[C@H](CO)[C@H](O)C(O)C2O)[C@H](O)C(O)C1O)OC(=O)CCCCCCCCC. The summed E-state index contributed by atoms with van der Waals surface area (Å²) >= 11 is 0. The van der Waals surface area contributed by atoms with E-state index in [0.717, 1.165) is 51.4 Å². The van der Waals surface area contributed by atoms with Crippen molar-refractivity contribution < 1.29 is 73.8 Å². The van der Waals surface area contributed by atoms with Gasteiger partial charge < -0.3 is 64.2 Å². The van der Waals surface area contributed by atoms with E-state index < -0.39 is 92.7 Å². The number of aliphatic hydroxyl groups excluding tert-OH is 7. The molecule has 0 amide bonds. The van der Waals surface area contributed by atoms with Crippen molar-refractivity contribution in [3.8, 4) is 0 Å². The maximum Gasteiger partial charge on any atom is 0.306 e. The van der Waals surface area contributed by atoms with Gasteiger partial charge >= 0.3 is 11.9 Å². The van der Waals surface area contributed by atoms with Crippen molar-refractivity contribution in [3.63, 3.8) is 0 Å². The van der Waals surface area contributed by atoms with Crippen LogP contribution in [-0.4, -0.2) is 142 Å². The molecule has 15 nitrogen and oxygen atoms in total. The topological polar surface area (TPSA) is 231 Å². The fourth-order valence-corrected chi connectivity index (χ4v) is 6.04. The van der Waals surface area contributed by atoms with E-state index in [1.165, 1.54) is 32.1 Å². The zero-order valence-electron chi connectivity index (χ0n) is 30.6. The predicted molar refractivity (Wildman–Crippen MR) is 183 cm³/mol. The molecule has 15 heteroatoms. The average molecular weight is 739 g/mol. The molecule has 0 bridgehead atoms. The van der Waals surface area contributed by atoms with Gasteiger partial charge in [-0.25, -0.2) is 0 Å². The summed E-state index contributed by atoms with van der Waals surface area (Å²) in [5.41, 5.74) is 0. The number of esters is 2. The van der Waals surface area contributed by atoms with Crippen LogP contribution in [0.15, 0.2) is 0 Å². The van der Waals surface area contributed by atoms with Gasteiger partial charge in [-0.05, 0) is 12.8 Å². The smallest absolute Gasteiger partial charge is 0.306 e. The number of carbonyl (C=O) groups excluding carboxylic acids is 2. The van der Waals surface area contributed by atoms with Crippen LogP contribution < -0.4 is 0 Å². The van der Waals surface area contributed by atoms with Crippen molar-refractivity contribution in [1.29, 1.82) is 0 Å². The van der Waals surface area contributed by atoms with Crippen LogP contribution in [0.1, 0.15) is 123 Å². The van der Waals surface area contributed by atoms with Gasteiger partial charge in [0.25, 0.3) is 0 Å². The minimum atomic E-state index is -1.75. The van der Waals surface area contributed by atoms with Crippen LogP contribution in [0.5, 0.6) is 0 Å². The van der Waals surface area contributed by atoms with Crippen molar-refractivity contribution in [2.45, 2.75) is 191 Å². The summed E-state index contributed by atoms with van der Waals surface area (Å²) < 4.78 is 33.1. The van der Waals surface area contributed by atoms with Crippen molar-refractivity contribution in [3.05, 3.63) is 0 Å². The van der Waals surface area contributed by atoms with Crippen LogP contribution in [0.2, 0.25) is 0 Å². The number of hydrogen-bond acceptors (Lipinski definition) is 15. The van der Waals surface area contributed by atoms with E-state index in [0.29, 0.717) is 12.8 Å². The molecule has 2 saturated heterocycles. The summed E-state index contributed by atoms with van der Waals surface area (Å²) in [6, 6.07) is 0. The molecule has 0 aromatic heterocycles. The predicted octanol–water partition coefficient (Wildman–Crippen LogP) is 1.75. The Morgan fingerprint density at radius 2 is 1.00 bits per heavy atom. The largest absolute Gasteiger partial charge is 0.462 e. The fourth-order valence-electron chi connectivity index (χ4n) is 6.04. The summed E-state index contributed by atoms with van der Waals surface area (Å²) in [5.74, 6) is -0.935. The molecule has 2 heterocycles. The number of hydrogen-bond donors (Lipinski definition) is 7. The maximum atomic E-state index is 12.7. The van der Waals surface area contributed by atoms with Crippen LogP contribution in [0, 0.1) is 0 Å². The molecule has 0 aromatic carbocycles. The molecule has 11 atom stereocenters.